The number of carbonyl (C=O) groups excluding carboxylic acids is 1. The maximum absolute atomic E-state index is 12.2. The zero-order valence-corrected chi connectivity index (χ0v) is 18.0. The lowest BCUT2D eigenvalue weighted by Gasteiger charge is -2.42. The van der Waals surface area contributed by atoms with Gasteiger partial charge in [-0.2, -0.15) is 5.10 Å². The summed E-state index contributed by atoms with van der Waals surface area (Å²) in [6.45, 7) is 7.20. The van der Waals surface area contributed by atoms with Gasteiger partial charge in [-0.25, -0.2) is 0 Å². The van der Waals surface area contributed by atoms with E-state index < -0.39 is 0 Å². The Kier molecular flexibility index (Phi) is 6.45. The second-order valence-electron chi connectivity index (χ2n) is 8.13. The van der Waals surface area contributed by atoms with Crippen molar-refractivity contribution in [1.82, 2.24) is 14.7 Å². The molecule has 1 saturated carbocycles. The summed E-state index contributed by atoms with van der Waals surface area (Å²) in [4.78, 5) is 16.5. The molecule has 30 heavy (non-hydrogen) atoms. The molecule has 1 unspecified atom stereocenters. The lowest BCUT2D eigenvalue weighted by atomic mass is 10.1. The average Bonchev–Trinajstić information content (AvgIpc) is 3.43. The summed E-state index contributed by atoms with van der Waals surface area (Å²) in [5, 5.41) is 4.33. The molecule has 1 saturated heterocycles. The number of hydrogen-bond acceptors (Lipinski definition) is 5. The SMILES string of the molecule is CCOc1ccc(N2CCN(C(C)=O)C(Cn3cccn3)C2)cc1OC1CCCC1. The summed E-state index contributed by atoms with van der Waals surface area (Å²) in [6.07, 6.45) is 8.69. The normalized spacial score (nSPS) is 19.9. The van der Waals surface area contributed by atoms with E-state index in [-0.39, 0.29) is 18.1 Å². The molecule has 2 aromatic rings. The van der Waals surface area contributed by atoms with Crippen LogP contribution in [0, 0.1) is 0 Å². The van der Waals surface area contributed by atoms with Gasteiger partial charge in [0, 0.05) is 50.7 Å². The van der Waals surface area contributed by atoms with E-state index in [9.17, 15) is 4.79 Å². The number of nitrogens with zero attached hydrogens (tertiary/aromatic N) is 4. The number of anilines is 1. The van der Waals surface area contributed by atoms with Crippen molar-refractivity contribution in [2.75, 3.05) is 31.1 Å². The van der Waals surface area contributed by atoms with Gasteiger partial charge in [0.15, 0.2) is 11.5 Å². The minimum absolute atomic E-state index is 0.0712. The van der Waals surface area contributed by atoms with Crippen LogP contribution >= 0.6 is 0 Å². The molecule has 2 fully saturated rings. The maximum Gasteiger partial charge on any atom is 0.219 e. The van der Waals surface area contributed by atoms with E-state index in [0.717, 1.165) is 43.1 Å². The number of carbonyl (C=O) groups is 1. The van der Waals surface area contributed by atoms with Crippen molar-refractivity contribution in [1.29, 1.82) is 0 Å². The fraction of sp³-hybridized carbons (Fsp3) is 0.565. The molecule has 2 heterocycles. The Labute approximate surface area is 178 Å². The van der Waals surface area contributed by atoms with E-state index in [1.165, 1.54) is 12.8 Å². The molecule has 7 heteroatoms. The molecule has 7 nitrogen and oxygen atoms in total. The molecule has 1 aliphatic heterocycles. The van der Waals surface area contributed by atoms with Crippen LogP contribution in [-0.2, 0) is 11.3 Å². The Morgan fingerprint density at radius 1 is 1.20 bits per heavy atom. The van der Waals surface area contributed by atoms with Gasteiger partial charge in [0.1, 0.15) is 0 Å². The number of ether oxygens (including phenoxy) is 2. The number of amides is 1. The topological polar surface area (TPSA) is 59.8 Å². The van der Waals surface area contributed by atoms with Gasteiger partial charge in [-0.15, -0.1) is 0 Å². The minimum Gasteiger partial charge on any atom is -0.490 e. The van der Waals surface area contributed by atoms with E-state index >= 15 is 0 Å². The van der Waals surface area contributed by atoms with Gasteiger partial charge in [0.05, 0.1) is 25.3 Å². The monoisotopic (exact) mass is 412 g/mol. The summed E-state index contributed by atoms with van der Waals surface area (Å²) >= 11 is 0. The second kappa shape index (κ2) is 9.41. The molecule has 1 atom stereocenters. The number of hydrogen-bond donors (Lipinski definition) is 0. The van der Waals surface area contributed by atoms with Gasteiger partial charge in [-0.3, -0.25) is 9.48 Å². The molecular weight excluding hydrogens is 380 g/mol. The number of benzene rings is 1. The molecule has 1 amide bonds. The van der Waals surface area contributed by atoms with Crippen LogP contribution in [0.4, 0.5) is 5.69 Å². The van der Waals surface area contributed by atoms with Crippen molar-refractivity contribution in [2.45, 2.75) is 58.2 Å². The van der Waals surface area contributed by atoms with Crippen LogP contribution in [0.3, 0.4) is 0 Å². The molecule has 0 radical (unpaired) electrons. The largest absolute Gasteiger partial charge is 0.490 e. The lowest BCUT2D eigenvalue weighted by Crippen LogP contribution is -2.56. The van der Waals surface area contributed by atoms with Crippen LogP contribution in [0.2, 0.25) is 0 Å². The Morgan fingerprint density at radius 3 is 2.73 bits per heavy atom. The Bertz CT molecular complexity index is 833. The zero-order chi connectivity index (χ0) is 20.9. The molecule has 2 aliphatic rings. The molecule has 4 rings (SSSR count). The molecular formula is C23H32N4O3. The Morgan fingerprint density at radius 2 is 2.03 bits per heavy atom. The fourth-order valence-corrected chi connectivity index (χ4v) is 4.53. The smallest absolute Gasteiger partial charge is 0.219 e. The summed E-state index contributed by atoms with van der Waals surface area (Å²) < 4.78 is 14.1. The molecule has 0 N–H and O–H groups in total. The van der Waals surface area contributed by atoms with Gasteiger partial charge >= 0.3 is 0 Å². The quantitative estimate of drug-likeness (QED) is 0.698. The van der Waals surface area contributed by atoms with Crippen molar-refractivity contribution in [3.8, 4) is 11.5 Å². The average molecular weight is 413 g/mol. The van der Waals surface area contributed by atoms with E-state index in [1.807, 2.05) is 34.8 Å². The highest BCUT2D eigenvalue weighted by Gasteiger charge is 2.30. The van der Waals surface area contributed by atoms with Crippen LogP contribution < -0.4 is 14.4 Å². The summed E-state index contributed by atoms with van der Waals surface area (Å²) in [6, 6.07) is 8.21. The molecule has 1 aromatic carbocycles. The summed E-state index contributed by atoms with van der Waals surface area (Å²) in [5.41, 5.74) is 1.11. The van der Waals surface area contributed by atoms with E-state index in [0.29, 0.717) is 19.7 Å². The summed E-state index contributed by atoms with van der Waals surface area (Å²) in [5.74, 6) is 1.76. The fourth-order valence-electron chi connectivity index (χ4n) is 4.53. The van der Waals surface area contributed by atoms with Crippen molar-refractivity contribution in [3.63, 3.8) is 0 Å². The molecule has 162 valence electrons. The third-order valence-electron chi connectivity index (χ3n) is 6.03. The lowest BCUT2D eigenvalue weighted by molar-refractivity contribution is -0.131. The van der Waals surface area contributed by atoms with Crippen LogP contribution in [0.15, 0.2) is 36.7 Å². The summed E-state index contributed by atoms with van der Waals surface area (Å²) in [7, 11) is 0. The first-order valence-corrected chi connectivity index (χ1v) is 11.1. The predicted molar refractivity (Wildman–Crippen MR) is 116 cm³/mol. The first kappa shape index (κ1) is 20.6. The second-order valence-corrected chi connectivity index (χ2v) is 8.13. The molecule has 0 spiro atoms. The van der Waals surface area contributed by atoms with Crippen LogP contribution in [0.5, 0.6) is 11.5 Å². The van der Waals surface area contributed by atoms with E-state index in [1.54, 1.807) is 13.1 Å². The van der Waals surface area contributed by atoms with Gasteiger partial charge in [0.2, 0.25) is 5.91 Å². The standard InChI is InChI=1S/C23H32N4O3/c1-3-29-22-10-9-19(15-23(22)30-21-7-4-5-8-21)25-13-14-27(18(2)28)20(16-25)17-26-12-6-11-24-26/h6,9-12,15,20-21H,3-5,7-8,13-14,16-17H2,1-2H3. The van der Waals surface area contributed by atoms with Gasteiger partial charge in [0.25, 0.3) is 0 Å². The Balaban J connectivity index is 1.53. The van der Waals surface area contributed by atoms with Crippen molar-refractivity contribution in [2.24, 2.45) is 0 Å². The van der Waals surface area contributed by atoms with Gasteiger partial charge in [-0.05, 0) is 50.8 Å². The minimum atomic E-state index is 0.0712. The third-order valence-corrected chi connectivity index (χ3v) is 6.03. The first-order valence-electron chi connectivity index (χ1n) is 11.1. The van der Waals surface area contributed by atoms with E-state index in [2.05, 4.69) is 22.1 Å². The Hall–Kier alpha value is -2.70. The van der Waals surface area contributed by atoms with Crippen LogP contribution in [-0.4, -0.2) is 59.0 Å². The molecule has 1 aromatic heterocycles. The zero-order valence-electron chi connectivity index (χ0n) is 18.0. The highest BCUT2D eigenvalue weighted by molar-refractivity contribution is 5.74. The number of rotatable bonds is 7. The highest BCUT2D eigenvalue weighted by atomic mass is 16.5. The number of aromatic nitrogens is 2. The first-order chi connectivity index (χ1) is 14.6. The van der Waals surface area contributed by atoms with Crippen molar-refractivity contribution in [3.05, 3.63) is 36.7 Å². The highest BCUT2D eigenvalue weighted by Crippen LogP contribution is 2.36. The van der Waals surface area contributed by atoms with Crippen LogP contribution in [0.25, 0.3) is 0 Å². The third kappa shape index (κ3) is 4.71. The predicted octanol–water partition coefficient (Wildman–Crippen LogP) is 3.34. The molecule has 0 bridgehead atoms. The van der Waals surface area contributed by atoms with Crippen LogP contribution in [0.1, 0.15) is 39.5 Å². The van der Waals surface area contributed by atoms with Gasteiger partial charge in [-0.1, -0.05) is 0 Å². The van der Waals surface area contributed by atoms with Crippen molar-refractivity contribution < 1.29 is 14.3 Å². The molecule has 1 aliphatic carbocycles. The van der Waals surface area contributed by atoms with Gasteiger partial charge < -0.3 is 19.3 Å². The maximum atomic E-state index is 12.2. The number of piperazine rings is 1. The van der Waals surface area contributed by atoms with Crippen molar-refractivity contribution >= 4 is 11.6 Å². The van der Waals surface area contributed by atoms with E-state index in [4.69, 9.17) is 9.47 Å².